The lowest BCUT2D eigenvalue weighted by Gasteiger charge is -2.34. The summed E-state index contributed by atoms with van der Waals surface area (Å²) in [5.41, 5.74) is 1.97. The quantitative estimate of drug-likeness (QED) is 0.698. The summed E-state index contributed by atoms with van der Waals surface area (Å²) in [5, 5.41) is 3.69. The molecule has 1 fully saturated rings. The van der Waals surface area contributed by atoms with Crippen molar-refractivity contribution in [2.45, 2.75) is 37.9 Å². The molecule has 0 spiro atoms. The SMILES string of the molecule is Cc1c(Cl)cccc1NCC(=O)c1cccc(S(=O)(=O)N2CC(C)OC(C)C2)c1. The number of anilines is 1. The van der Waals surface area contributed by atoms with Gasteiger partial charge in [0.25, 0.3) is 0 Å². The van der Waals surface area contributed by atoms with E-state index in [2.05, 4.69) is 5.32 Å². The lowest BCUT2D eigenvalue weighted by Crippen LogP contribution is -2.48. The van der Waals surface area contributed by atoms with Crippen LogP contribution >= 0.6 is 11.6 Å². The molecule has 1 N–H and O–H groups in total. The minimum Gasteiger partial charge on any atom is -0.377 e. The number of sulfonamides is 1. The zero-order valence-corrected chi connectivity index (χ0v) is 18.3. The first kappa shape index (κ1) is 21.8. The van der Waals surface area contributed by atoms with Crippen LogP contribution in [-0.4, -0.2) is 50.3 Å². The first-order chi connectivity index (χ1) is 13.7. The molecule has 0 amide bonds. The Balaban J connectivity index is 1.76. The van der Waals surface area contributed by atoms with Crippen LogP contribution in [0.15, 0.2) is 47.4 Å². The molecule has 8 heteroatoms. The van der Waals surface area contributed by atoms with Gasteiger partial charge in [0.2, 0.25) is 10.0 Å². The molecule has 29 heavy (non-hydrogen) atoms. The first-order valence-corrected chi connectivity index (χ1v) is 11.3. The Morgan fingerprint density at radius 2 is 1.83 bits per heavy atom. The van der Waals surface area contributed by atoms with Gasteiger partial charge in [0.15, 0.2) is 5.78 Å². The molecule has 2 unspecified atom stereocenters. The molecule has 1 aliphatic heterocycles. The van der Waals surface area contributed by atoms with Gasteiger partial charge < -0.3 is 10.1 Å². The van der Waals surface area contributed by atoms with Gasteiger partial charge in [0, 0.05) is 29.4 Å². The summed E-state index contributed by atoms with van der Waals surface area (Å²) in [7, 11) is -3.70. The number of benzene rings is 2. The van der Waals surface area contributed by atoms with Crippen molar-refractivity contribution in [2.75, 3.05) is 25.0 Å². The minimum absolute atomic E-state index is 0.0380. The van der Waals surface area contributed by atoms with E-state index in [1.165, 1.54) is 16.4 Å². The van der Waals surface area contributed by atoms with E-state index in [9.17, 15) is 13.2 Å². The van der Waals surface area contributed by atoms with Crippen molar-refractivity contribution in [2.24, 2.45) is 0 Å². The van der Waals surface area contributed by atoms with Gasteiger partial charge in [-0.25, -0.2) is 8.42 Å². The second-order valence-corrected chi connectivity index (χ2v) is 9.64. The summed E-state index contributed by atoms with van der Waals surface area (Å²) in [5.74, 6) is -0.204. The molecular weight excluding hydrogens is 412 g/mol. The number of rotatable bonds is 6. The molecule has 2 aromatic carbocycles. The van der Waals surface area contributed by atoms with E-state index in [0.29, 0.717) is 23.7 Å². The number of hydrogen-bond donors (Lipinski definition) is 1. The van der Waals surface area contributed by atoms with E-state index in [1.807, 2.05) is 26.8 Å². The van der Waals surface area contributed by atoms with Crippen molar-refractivity contribution in [3.8, 4) is 0 Å². The summed E-state index contributed by atoms with van der Waals surface area (Å²) in [4.78, 5) is 12.8. The van der Waals surface area contributed by atoms with E-state index in [4.69, 9.17) is 16.3 Å². The summed E-state index contributed by atoms with van der Waals surface area (Å²) in [6.45, 7) is 6.19. The molecule has 0 saturated carbocycles. The molecule has 0 radical (unpaired) electrons. The van der Waals surface area contributed by atoms with Crippen LogP contribution in [0.3, 0.4) is 0 Å². The van der Waals surface area contributed by atoms with Gasteiger partial charge in [-0.1, -0.05) is 29.8 Å². The number of ketones is 1. The molecule has 0 aromatic heterocycles. The average Bonchev–Trinajstić information content (AvgIpc) is 2.68. The van der Waals surface area contributed by atoms with E-state index >= 15 is 0 Å². The Bertz CT molecular complexity index is 999. The van der Waals surface area contributed by atoms with E-state index in [-0.39, 0.29) is 29.4 Å². The second-order valence-electron chi connectivity index (χ2n) is 7.30. The van der Waals surface area contributed by atoms with Gasteiger partial charge in [-0.15, -0.1) is 0 Å². The monoisotopic (exact) mass is 436 g/mol. The fourth-order valence-corrected chi connectivity index (χ4v) is 5.19. The number of morpholine rings is 1. The molecule has 0 aliphatic carbocycles. The molecule has 2 aromatic rings. The number of ether oxygens (including phenoxy) is 1. The smallest absolute Gasteiger partial charge is 0.243 e. The summed E-state index contributed by atoms with van der Waals surface area (Å²) >= 11 is 6.11. The van der Waals surface area contributed by atoms with Gasteiger partial charge in [-0.2, -0.15) is 4.31 Å². The molecule has 3 rings (SSSR count). The molecule has 0 bridgehead atoms. The standard InChI is InChI=1S/C21H25ClN2O4S/c1-14-12-24(13-15(2)28-14)29(26,27)18-7-4-6-17(10-18)21(25)11-23-20-9-5-8-19(22)16(20)3/h4-10,14-15,23H,11-13H2,1-3H3. The maximum Gasteiger partial charge on any atom is 0.243 e. The highest BCUT2D eigenvalue weighted by atomic mass is 35.5. The molecule has 156 valence electrons. The van der Waals surface area contributed by atoms with Crippen molar-refractivity contribution >= 4 is 33.1 Å². The van der Waals surface area contributed by atoms with Crippen LogP contribution in [0.2, 0.25) is 5.02 Å². The van der Waals surface area contributed by atoms with Crippen LogP contribution in [0.5, 0.6) is 0 Å². The van der Waals surface area contributed by atoms with Crippen LogP contribution in [-0.2, 0) is 14.8 Å². The van der Waals surface area contributed by atoms with Crippen LogP contribution in [0, 0.1) is 6.92 Å². The summed E-state index contributed by atoms with van der Waals surface area (Å²) in [6, 6.07) is 11.6. The molecule has 6 nitrogen and oxygen atoms in total. The van der Waals surface area contributed by atoms with Crippen LogP contribution in [0.4, 0.5) is 5.69 Å². The van der Waals surface area contributed by atoms with Gasteiger partial charge >= 0.3 is 0 Å². The molecule has 1 aliphatic rings. The van der Waals surface area contributed by atoms with Crippen LogP contribution in [0.1, 0.15) is 29.8 Å². The number of nitrogens with zero attached hydrogens (tertiary/aromatic N) is 1. The van der Waals surface area contributed by atoms with E-state index < -0.39 is 10.0 Å². The van der Waals surface area contributed by atoms with Gasteiger partial charge in [-0.3, -0.25) is 4.79 Å². The molecule has 1 saturated heterocycles. The summed E-state index contributed by atoms with van der Waals surface area (Å²) in [6.07, 6.45) is -0.355. The number of halogens is 1. The maximum atomic E-state index is 13.0. The minimum atomic E-state index is -3.70. The third kappa shape index (κ3) is 4.98. The normalized spacial score (nSPS) is 20.4. The van der Waals surface area contributed by atoms with Gasteiger partial charge in [0.05, 0.1) is 23.6 Å². The first-order valence-electron chi connectivity index (χ1n) is 9.46. The fourth-order valence-electron chi connectivity index (χ4n) is 3.38. The zero-order chi connectivity index (χ0) is 21.2. The average molecular weight is 437 g/mol. The van der Waals surface area contributed by atoms with Gasteiger partial charge in [0.1, 0.15) is 0 Å². The van der Waals surface area contributed by atoms with E-state index in [1.54, 1.807) is 24.3 Å². The zero-order valence-electron chi connectivity index (χ0n) is 16.7. The van der Waals surface area contributed by atoms with Crippen molar-refractivity contribution < 1.29 is 17.9 Å². The largest absolute Gasteiger partial charge is 0.377 e. The molecule has 2 atom stereocenters. The van der Waals surface area contributed by atoms with Crippen molar-refractivity contribution in [1.29, 1.82) is 0 Å². The third-order valence-corrected chi connectivity index (χ3v) is 7.12. The predicted octanol–water partition coefficient (Wildman–Crippen LogP) is 3.74. The third-order valence-electron chi connectivity index (χ3n) is 4.89. The van der Waals surface area contributed by atoms with Crippen molar-refractivity contribution in [1.82, 2.24) is 4.31 Å². The Kier molecular flexibility index (Phi) is 6.63. The van der Waals surface area contributed by atoms with Crippen molar-refractivity contribution in [3.63, 3.8) is 0 Å². The Hall–Kier alpha value is -1.93. The number of carbonyl (C=O) groups excluding carboxylic acids is 1. The molecular formula is C21H25ClN2O4S. The van der Waals surface area contributed by atoms with E-state index in [0.717, 1.165) is 11.3 Å². The Morgan fingerprint density at radius 3 is 2.52 bits per heavy atom. The highest BCUT2D eigenvalue weighted by Crippen LogP contribution is 2.24. The van der Waals surface area contributed by atoms with Crippen molar-refractivity contribution in [3.05, 3.63) is 58.6 Å². The van der Waals surface area contributed by atoms with Gasteiger partial charge in [-0.05, 0) is 50.6 Å². The number of hydrogen-bond acceptors (Lipinski definition) is 5. The highest BCUT2D eigenvalue weighted by Gasteiger charge is 2.32. The Morgan fingerprint density at radius 1 is 1.17 bits per heavy atom. The Labute approximate surface area is 176 Å². The lowest BCUT2D eigenvalue weighted by molar-refractivity contribution is -0.0440. The number of nitrogens with one attached hydrogen (secondary N) is 1. The lowest BCUT2D eigenvalue weighted by atomic mass is 10.1. The maximum absolute atomic E-state index is 13.0. The highest BCUT2D eigenvalue weighted by molar-refractivity contribution is 7.89. The molecule has 1 heterocycles. The van der Waals surface area contributed by atoms with Crippen LogP contribution < -0.4 is 5.32 Å². The number of Topliss-reactive ketones (excluding diaryl/α,β-unsaturated/α-hetero) is 1. The summed E-state index contributed by atoms with van der Waals surface area (Å²) < 4.78 is 33.1. The fraction of sp³-hybridized carbons (Fsp3) is 0.381. The topological polar surface area (TPSA) is 75.7 Å². The predicted molar refractivity (Wildman–Crippen MR) is 114 cm³/mol. The van der Waals surface area contributed by atoms with Crippen LogP contribution in [0.25, 0.3) is 0 Å². The second kappa shape index (κ2) is 8.83. The number of carbonyl (C=O) groups is 1.